The van der Waals surface area contributed by atoms with E-state index in [2.05, 4.69) is 32.6 Å². The van der Waals surface area contributed by atoms with Gasteiger partial charge in [0.05, 0.1) is 23.3 Å². The van der Waals surface area contributed by atoms with Crippen molar-refractivity contribution >= 4 is 36.5 Å². The average molecular weight is 493 g/mol. The number of anilines is 1. The molecular weight excluding hydrogens is 463 g/mol. The van der Waals surface area contributed by atoms with Crippen molar-refractivity contribution < 1.29 is 10.3 Å². The first-order valence-electron chi connectivity index (χ1n) is 10.1. The first kappa shape index (κ1) is 30.2. The largest absolute Gasteiger partial charge is 0.412 e. The van der Waals surface area contributed by atoms with Gasteiger partial charge in [-0.2, -0.15) is 10.5 Å². The van der Waals surface area contributed by atoms with E-state index in [-0.39, 0.29) is 36.3 Å². The Labute approximate surface area is 207 Å². The minimum atomic E-state index is -0.230. The van der Waals surface area contributed by atoms with Crippen LogP contribution in [0.3, 0.4) is 0 Å². The molecule has 4 N–H and O–H groups in total. The summed E-state index contributed by atoms with van der Waals surface area (Å²) in [5.41, 5.74) is 3.17. The molecule has 2 aromatic carbocycles. The van der Waals surface area contributed by atoms with Crippen LogP contribution in [-0.2, 0) is 6.54 Å². The molecule has 3 rings (SSSR count). The first-order valence-corrected chi connectivity index (χ1v) is 10.1. The predicted octanol–water partition coefficient (Wildman–Crippen LogP) is 2.78. The molecule has 0 unspecified atom stereocenters. The molecule has 2 amide bonds. The molecule has 0 atom stereocenters. The summed E-state index contributed by atoms with van der Waals surface area (Å²) in [7, 11) is 0. The normalized spacial score (nSPS) is 13.2. The minimum Gasteiger partial charge on any atom is -0.412 e. The molecular formula is C23H30Cl2N6O2. The van der Waals surface area contributed by atoms with Crippen LogP contribution in [0.5, 0.6) is 0 Å². The number of urea groups is 1. The lowest BCUT2D eigenvalue weighted by Gasteiger charge is -2.34. The maximum Gasteiger partial charge on any atom is 0.319 e. The molecule has 1 aliphatic rings. The number of nitrogens with zero attached hydrogens (tertiary/aromatic N) is 4. The number of rotatable bonds is 7. The fourth-order valence-corrected chi connectivity index (χ4v) is 3.42. The number of piperazine rings is 1. The summed E-state index contributed by atoms with van der Waals surface area (Å²) in [4.78, 5) is 16.8. The lowest BCUT2D eigenvalue weighted by Crippen LogP contribution is -2.46. The van der Waals surface area contributed by atoms with E-state index in [4.69, 9.17) is 10.5 Å². The molecule has 1 fully saturated rings. The smallest absolute Gasteiger partial charge is 0.319 e. The van der Waals surface area contributed by atoms with Gasteiger partial charge in [0.1, 0.15) is 0 Å². The van der Waals surface area contributed by atoms with Crippen LogP contribution in [-0.4, -0.2) is 60.6 Å². The van der Waals surface area contributed by atoms with Gasteiger partial charge in [0.2, 0.25) is 0 Å². The van der Waals surface area contributed by atoms with E-state index in [9.17, 15) is 4.79 Å². The van der Waals surface area contributed by atoms with E-state index >= 15 is 0 Å². The number of benzene rings is 2. The monoisotopic (exact) mass is 492 g/mol. The lowest BCUT2D eigenvalue weighted by atomic mass is 10.1. The summed E-state index contributed by atoms with van der Waals surface area (Å²) >= 11 is 0. The average Bonchev–Trinajstić information content (AvgIpc) is 2.79. The third-order valence-electron chi connectivity index (χ3n) is 5.16. The van der Waals surface area contributed by atoms with Crippen LogP contribution in [0.1, 0.15) is 23.1 Å². The zero-order valence-corrected chi connectivity index (χ0v) is 19.9. The molecule has 1 saturated heterocycles. The Bertz CT molecular complexity index is 918. The molecule has 0 saturated carbocycles. The van der Waals surface area contributed by atoms with Crippen molar-refractivity contribution in [3.63, 3.8) is 0 Å². The third-order valence-corrected chi connectivity index (χ3v) is 5.16. The number of nitrogens with one attached hydrogen (secondary N) is 2. The Morgan fingerprint density at radius 2 is 1.36 bits per heavy atom. The second kappa shape index (κ2) is 15.9. The molecule has 0 bridgehead atoms. The van der Waals surface area contributed by atoms with E-state index in [1.54, 1.807) is 24.3 Å². The Morgan fingerprint density at radius 1 is 0.848 bits per heavy atom. The van der Waals surface area contributed by atoms with Gasteiger partial charge in [-0.3, -0.25) is 4.90 Å². The van der Waals surface area contributed by atoms with Crippen molar-refractivity contribution in [2.75, 3.05) is 44.6 Å². The fraction of sp³-hybridized carbons (Fsp3) is 0.348. The molecule has 178 valence electrons. The summed E-state index contributed by atoms with van der Waals surface area (Å²) in [6.45, 7) is 6.58. The van der Waals surface area contributed by atoms with Gasteiger partial charge in [-0.05, 0) is 54.9 Å². The van der Waals surface area contributed by atoms with E-state index in [0.717, 1.165) is 45.7 Å². The van der Waals surface area contributed by atoms with Crippen LogP contribution in [0, 0.1) is 22.7 Å². The van der Waals surface area contributed by atoms with Crippen molar-refractivity contribution in [3.8, 4) is 12.1 Å². The lowest BCUT2D eigenvalue weighted by molar-refractivity contribution is 0.126. The van der Waals surface area contributed by atoms with Gasteiger partial charge in [0.25, 0.3) is 0 Å². The van der Waals surface area contributed by atoms with Crippen molar-refractivity contribution in [2.45, 2.75) is 13.0 Å². The molecule has 1 heterocycles. The van der Waals surface area contributed by atoms with Gasteiger partial charge >= 0.3 is 6.03 Å². The Balaban J connectivity index is 0.00000341. The van der Waals surface area contributed by atoms with Crippen molar-refractivity contribution in [1.29, 1.82) is 10.5 Å². The number of hydrogen-bond acceptors (Lipinski definition) is 5. The molecule has 2 aromatic rings. The van der Waals surface area contributed by atoms with Crippen LogP contribution in [0.4, 0.5) is 10.5 Å². The molecule has 1 aliphatic heterocycles. The highest BCUT2D eigenvalue weighted by atomic mass is 35.5. The molecule has 0 aromatic heterocycles. The van der Waals surface area contributed by atoms with E-state index < -0.39 is 0 Å². The van der Waals surface area contributed by atoms with Gasteiger partial charge in [-0.1, -0.05) is 12.1 Å². The standard InChI is InChI=1S/C23H26N6O.2ClH.H2O/c24-16-19-2-4-21(5-3-19)18-29-14-12-28(13-15-29)11-1-10-26-23(30)27-22-8-6-20(17-25)7-9-22;;;/h2-9H,1,10-15,18H2,(H2,26,27,30);2*1H;1H2. The quantitative estimate of drug-likeness (QED) is 0.574. The summed E-state index contributed by atoms with van der Waals surface area (Å²) < 4.78 is 0. The maximum absolute atomic E-state index is 11.9. The Hall–Kier alpha value is -2.85. The molecule has 33 heavy (non-hydrogen) atoms. The van der Waals surface area contributed by atoms with Crippen LogP contribution < -0.4 is 10.6 Å². The van der Waals surface area contributed by atoms with Crippen molar-refractivity contribution in [3.05, 3.63) is 65.2 Å². The Kier molecular flexibility index (Phi) is 14.5. The van der Waals surface area contributed by atoms with Crippen LogP contribution >= 0.6 is 24.8 Å². The SMILES string of the molecule is Cl.Cl.N#Cc1ccc(CN2CCN(CCCNC(=O)Nc3ccc(C#N)cc3)CC2)cc1.O. The number of halogens is 2. The summed E-state index contributed by atoms with van der Waals surface area (Å²) in [6.07, 6.45) is 0.899. The van der Waals surface area contributed by atoms with E-state index in [1.807, 2.05) is 24.3 Å². The molecule has 0 spiro atoms. The van der Waals surface area contributed by atoms with Gasteiger partial charge in [0, 0.05) is 45.0 Å². The first-order chi connectivity index (χ1) is 14.7. The summed E-state index contributed by atoms with van der Waals surface area (Å²) in [5.74, 6) is 0. The Morgan fingerprint density at radius 3 is 1.91 bits per heavy atom. The number of hydrogen-bond donors (Lipinski definition) is 2. The molecule has 0 aliphatic carbocycles. The van der Waals surface area contributed by atoms with Gasteiger partial charge in [0.15, 0.2) is 0 Å². The van der Waals surface area contributed by atoms with E-state index in [1.165, 1.54) is 5.56 Å². The van der Waals surface area contributed by atoms with Gasteiger partial charge in [-0.25, -0.2) is 4.79 Å². The molecule has 8 nitrogen and oxygen atoms in total. The zero-order valence-electron chi connectivity index (χ0n) is 18.3. The highest BCUT2D eigenvalue weighted by Gasteiger charge is 2.16. The van der Waals surface area contributed by atoms with Gasteiger partial charge < -0.3 is 21.0 Å². The highest BCUT2D eigenvalue weighted by molar-refractivity contribution is 5.89. The third kappa shape index (κ3) is 10.1. The minimum absolute atomic E-state index is 0. The van der Waals surface area contributed by atoms with Crippen molar-refractivity contribution in [2.24, 2.45) is 0 Å². The predicted molar refractivity (Wildman–Crippen MR) is 134 cm³/mol. The number of carbonyl (C=O) groups excluding carboxylic acids is 1. The summed E-state index contributed by atoms with van der Waals surface area (Å²) in [6, 6.07) is 18.6. The molecule has 10 heteroatoms. The number of nitriles is 2. The van der Waals surface area contributed by atoms with Crippen LogP contribution in [0.15, 0.2) is 48.5 Å². The summed E-state index contributed by atoms with van der Waals surface area (Å²) in [5, 5.41) is 23.3. The number of amides is 2. The highest BCUT2D eigenvalue weighted by Crippen LogP contribution is 2.10. The maximum atomic E-state index is 11.9. The zero-order chi connectivity index (χ0) is 21.2. The van der Waals surface area contributed by atoms with E-state index in [0.29, 0.717) is 23.4 Å². The fourth-order valence-electron chi connectivity index (χ4n) is 3.42. The van der Waals surface area contributed by atoms with Crippen molar-refractivity contribution in [1.82, 2.24) is 15.1 Å². The second-order valence-corrected chi connectivity index (χ2v) is 7.35. The van der Waals surface area contributed by atoms with Crippen LogP contribution in [0.2, 0.25) is 0 Å². The van der Waals surface area contributed by atoms with Gasteiger partial charge in [-0.15, -0.1) is 24.8 Å². The second-order valence-electron chi connectivity index (χ2n) is 7.35. The topological polar surface area (TPSA) is 127 Å². The molecule has 0 radical (unpaired) electrons. The number of carbonyl (C=O) groups is 1. The van der Waals surface area contributed by atoms with Crippen LogP contribution in [0.25, 0.3) is 0 Å².